The fourth-order valence-corrected chi connectivity index (χ4v) is 3.32. The van der Waals surface area contributed by atoms with Crippen molar-refractivity contribution in [3.05, 3.63) is 65.4 Å². The van der Waals surface area contributed by atoms with Gasteiger partial charge in [0, 0.05) is 34.7 Å². The summed E-state index contributed by atoms with van der Waals surface area (Å²) in [6, 6.07) is 16.1. The van der Waals surface area contributed by atoms with Crippen LogP contribution in [0.4, 0.5) is 10.5 Å². The molecule has 1 aromatic heterocycles. The second kappa shape index (κ2) is 5.47. The van der Waals surface area contributed by atoms with Crippen molar-refractivity contribution in [2.75, 3.05) is 5.32 Å². The fraction of sp³-hybridized carbons (Fsp3) is 0.211. The molecule has 2 aromatic carbocycles. The number of amides is 2. The first-order valence-corrected chi connectivity index (χ1v) is 7.92. The van der Waals surface area contributed by atoms with Crippen molar-refractivity contribution in [2.24, 2.45) is 0 Å². The molecule has 0 radical (unpaired) electrons. The first kappa shape index (κ1) is 13.9. The Morgan fingerprint density at radius 1 is 1.09 bits per heavy atom. The third-order valence-corrected chi connectivity index (χ3v) is 4.45. The number of carbonyl (C=O) groups excluding carboxylic acids is 1. The minimum atomic E-state index is -0.145. The summed E-state index contributed by atoms with van der Waals surface area (Å²) < 4.78 is 0. The third kappa shape index (κ3) is 2.68. The fourth-order valence-electron chi connectivity index (χ4n) is 3.32. The molecule has 1 atom stereocenters. The van der Waals surface area contributed by atoms with E-state index in [1.807, 2.05) is 37.3 Å². The Morgan fingerprint density at radius 2 is 1.87 bits per heavy atom. The van der Waals surface area contributed by atoms with Crippen LogP contribution in [0.2, 0.25) is 0 Å². The standard InChI is InChI=1S/C19H19N3O/c1-12-6-8-13(9-7-12)20-19(23)21-14-10-16-15-4-2-3-5-17(15)22-18(16)11-14/h2-9,14,22H,10-11H2,1H3,(H2,20,21,23). The lowest BCUT2D eigenvalue weighted by Crippen LogP contribution is -2.38. The molecule has 23 heavy (non-hydrogen) atoms. The number of aromatic nitrogens is 1. The van der Waals surface area contributed by atoms with Crippen LogP contribution in [0.25, 0.3) is 10.9 Å². The van der Waals surface area contributed by atoms with Crippen LogP contribution in [0.1, 0.15) is 16.8 Å². The highest BCUT2D eigenvalue weighted by molar-refractivity contribution is 5.90. The quantitative estimate of drug-likeness (QED) is 0.663. The van der Waals surface area contributed by atoms with Gasteiger partial charge in [-0.3, -0.25) is 0 Å². The van der Waals surface area contributed by atoms with Crippen molar-refractivity contribution in [1.82, 2.24) is 10.3 Å². The van der Waals surface area contributed by atoms with Gasteiger partial charge < -0.3 is 15.6 Å². The third-order valence-electron chi connectivity index (χ3n) is 4.45. The van der Waals surface area contributed by atoms with Crippen LogP contribution in [0.3, 0.4) is 0 Å². The molecule has 3 N–H and O–H groups in total. The Kier molecular flexibility index (Phi) is 3.30. The number of benzene rings is 2. The Labute approximate surface area is 134 Å². The zero-order chi connectivity index (χ0) is 15.8. The summed E-state index contributed by atoms with van der Waals surface area (Å²) in [5, 5.41) is 7.23. The first-order valence-electron chi connectivity index (χ1n) is 7.92. The molecule has 0 spiro atoms. The molecule has 0 aliphatic heterocycles. The normalized spacial score (nSPS) is 16.3. The molecule has 2 amide bonds. The molecule has 0 saturated carbocycles. The molecule has 1 aliphatic rings. The highest BCUT2D eigenvalue weighted by Crippen LogP contribution is 2.29. The average molecular weight is 305 g/mol. The van der Waals surface area contributed by atoms with Crippen LogP contribution in [0, 0.1) is 6.92 Å². The molecule has 4 heteroatoms. The molecular weight excluding hydrogens is 286 g/mol. The molecule has 4 nitrogen and oxygen atoms in total. The minimum Gasteiger partial charge on any atom is -0.358 e. The lowest BCUT2D eigenvalue weighted by Gasteiger charge is -2.13. The van der Waals surface area contributed by atoms with E-state index < -0.39 is 0 Å². The van der Waals surface area contributed by atoms with E-state index in [-0.39, 0.29) is 12.1 Å². The van der Waals surface area contributed by atoms with Crippen molar-refractivity contribution < 1.29 is 4.79 Å². The van der Waals surface area contributed by atoms with Gasteiger partial charge in [0.25, 0.3) is 0 Å². The zero-order valence-electron chi connectivity index (χ0n) is 13.0. The molecule has 0 bridgehead atoms. The van der Waals surface area contributed by atoms with Gasteiger partial charge in [-0.1, -0.05) is 35.9 Å². The average Bonchev–Trinajstić information content (AvgIpc) is 3.06. The van der Waals surface area contributed by atoms with Crippen LogP contribution in [-0.2, 0) is 12.8 Å². The Bertz CT molecular complexity index is 864. The number of anilines is 1. The van der Waals surface area contributed by atoms with Crippen LogP contribution >= 0.6 is 0 Å². The predicted octanol–water partition coefficient (Wildman–Crippen LogP) is 3.77. The van der Waals surface area contributed by atoms with Gasteiger partial charge in [-0.05, 0) is 37.1 Å². The summed E-state index contributed by atoms with van der Waals surface area (Å²) >= 11 is 0. The van der Waals surface area contributed by atoms with Gasteiger partial charge in [0.2, 0.25) is 0 Å². The van der Waals surface area contributed by atoms with Crippen LogP contribution in [0.15, 0.2) is 48.5 Å². The minimum absolute atomic E-state index is 0.145. The van der Waals surface area contributed by atoms with Gasteiger partial charge in [-0.25, -0.2) is 4.79 Å². The number of fused-ring (bicyclic) bond motifs is 3. The molecule has 3 aromatic rings. The van der Waals surface area contributed by atoms with Gasteiger partial charge in [0.1, 0.15) is 0 Å². The number of rotatable bonds is 2. The monoisotopic (exact) mass is 305 g/mol. The highest BCUT2D eigenvalue weighted by Gasteiger charge is 2.26. The van der Waals surface area contributed by atoms with E-state index in [9.17, 15) is 4.79 Å². The lowest BCUT2D eigenvalue weighted by atomic mass is 10.1. The van der Waals surface area contributed by atoms with Gasteiger partial charge in [0.05, 0.1) is 0 Å². The summed E-state index contributed by atoms with van der Waals surface area (Å²) in [5.74, 6) is 0. The maximum atomic E-state index is 12.2. The Balaban J connectivity index is 1.42. The van der Waals surface area contributed by atoms with E-state index >= 15 is 0 Å². The smallest absolute Gasteiger partial charge is 0.319 e. The number of para-hydroxylation sites is 1. The van der Waals surface area contributed by atoms with Crippen molar-refractivity contribution >= 4 is 22.6 Å². The number of H-pyrrole nitrogens is 1. The van der Waals surface area contributed by atoms with Crippen molar-refractivity contribution in [1.29, 1.82) is 0 Å². The molecule has 0 fully saturated rings. The van der Waals surface area contributed by atoms with Crippen molar-refractivity contribution in [3.63, 3.8) is 0 Å². The number of hydrogen-bond donors (Lipinski definition) is 3. The topological polar surface area (TPSA) is 56.9 Å². The Morgan fingerprint density at radius 3 is 2.70 bits per heavy atom. The van der Waals surface area contributed by atoms with Gasteiger partial charge in [-0.2, -0.15) is 0 Å². The van der Waals surface area contributed by atoms with E-state index in [1.54, 1.807) is 0 Å². The van der Waals surface area contributed by atoms with Crippen LogP contribution in [0.5, 0.6) is 0 Å². The predicted molar refractivity (Wildman–Crippen MR) is 92.8 cm³/mol. The second-order valence-corrected chi connectivity index (χ2v) is 6.20. The molecule has 1 heterocycles. The zero-order valence-corrected chi connectivity index (χ0v) is 13.0. The lowest BCUT2D eigenvalue weighted by molar-refractivity contribution is 0.249. The Hall–Kier alpha value is -2.75. The number of urea groups is 1. The summed E-state index contributed by atoms with van der Waals surface area (Å²) in [7, 11) is 0. The summed E-state index contributed by atoms with van der Waals surface area (Å²) in [6.07, 6.45) is 1.73. The summed E-state index contributed by atoms with van der Waals surface area (Å²) in [6.45, 7) is 2.03. The van der Waals surface area contributed by atoms with Gasteiger partial charge in [0.15, 0.2) is 0 Å². The maximum Gasteiger partial charge on any atom is 0.319 e. The van der Waals surface area contributed by atoms with Crippen LogP contribution in [-0.4, -0.2) is 17.1 Å². The molecule has 4 rings (SSSR count). The number of hydrogen-bond acceptors (Lipinski definition) is 1. The van der Waals surface area contributed by atoms with Crippen LogP contribution < -0.4 is 10.6 Å². The molecule has 1 aliphatic carbocycles. The van der Waals surface area contributed by atoms with E-state index in [1.165, 1.54) is 27.7 Å². The highest BCUT2D eigenvalue weighted by atomic mass is 16.2. The molecule has 0 saturated heterocycles. The SMILES string of the molecule is Cc1ccc(NC(=O)NC2Cc3[nH]c4ccccc4c3C2)cc1. The number of nitrogens with one attached hydrogen (secondary N) is 3. The van der Waals surface area contributed by atoms with Crippen molar-refractivity contribution in [2.45, 2.75) is 25.8 Å². The van der Waals surface area contributed by atoms with Gasteiger partial charge in [-0.15, -0.1) is 0 Å². The first-order chi connectivity index (χ1) is 11.2. The van der Waals surface area contributed by atoms with E-state index in [2.05, 4.69) is 33.8 Å². The van der Waals surface area contributed by atoms with E-state index in [4.69, 9.17) is 0 Å². The largest absolute Gasteiger partial charge is 0.358 e. The molecule has 1 unspecified atom stereocenters. The summed E-state index contributed by atoms with van der Waals surface area (Å²) in [5.41, 5.74) is 5.75. The van der Waals surface area contributed by atoms with Gasteiger partial charge >= 0.3 is 6.03 Å². The number of aryl methyl sites for hydroxylation is 1. The molecule has 116 valence electrons. The molecular formula is C19H19N3O. The van der Waals surface area contributed by atoms with E-state index in [0.29, 0.717) is 0 Å². The van der Waals surface area contributed by atoms with E-state index in [0.717, 1.165) is 18.5 Å². The number of aromatic amines is 1. The summed E-state index contributed by atoms with van der Waals surface area (Å²) in [4.78, 5) is 15.6. The maximum absolute atomic E-state index is 12.2. The van der Waals surface area contributed by atoms with Crippen molar-refractivity contribution in [3.8, 4) is 0 Å². The number of carbonyl (C=O) groups is 1. The second-order valence-electron chi connectivity index (χ2n) is 6.20.